The molecule has 0 fully saturated rings. The van der Waals surface area contributed by atoms with Crippen LogP contribution in [0.25, 0.3) is 0 Å². The molecule has 0 aromatic carbocycles. The van der Waals surface area contributed by atoms with Crippen LogP contribution in [-0.2, 0) is 19.6 Å². The van der Waals surface area contributed by atoms with Gasteiger partial charge in [-0.3, -0.25) is 9.88 Å². The molecular formula is C15H21N3O. The van der Waals surface area contributed by atoms with Crippen LogP contribution in [0.3, 0.4) is 0 Å². The second-order valence-electron chi connectivity index (χ2n) is 4.66. The highest BCUT2D eigenvalue weighted by Crippen LogP contribution is 2.16. The summed E-state index contributed by atoms with van der Waals surface area (Å²) in [6.07, 6.45) is 3.65. The Morgan fingerprint density at radius 3 is 2.58 bits per heavy atom. The molecule has 0 aliphatic rings. The summed E-state index contributed by atoms with van der Waals surface area (Å²) in [6.45, 7) is 7.33. The summed E-state index contributed by atoms with van der Waals surface area (Å²) >= 11 is 0. The molecule has 0 aliphatic heterocycles. The van der Waals surface area contributed by atoms with E-state index in [9.17, 15) is 0 Å². The molecular weight excluding hydrogens is 238 g/mol. The van der Waals surface area contributed by atoms with Gasteiger partial charge in [0.15, 0.2) is 0 Å². The quantitative estimate of drug-likeness (QED) is 0.865. The largest absolute Gasteiger partial charge is 0.465 e. The molecule has 0 spiro atoms. The average Bonchev–Trinajstić information content (AvgIpc) is 2.79. The lowest BCUT2D eigenvalue weighted by Gasteiger charge is -2.18. The molecule has 4 nitrogen and oxygen atoms in total. The van der Waals surface area contributed by atoms with Gasteiger partial charge in [0.1, 0.15) is 11.5 Å². The van der Waals surface area contributed by atoms with Crippen LogP contribution in [0.5, 0.6) is 0 Å². The molecule has 19 heavy (non-hydrogen) atoms. The number of pyridine rings is 1. The van der Waals surface area contributed by atoms with Gasteiger partial charge in [-0.25, -0.2) is 0 Å². The van der Waals surface area contributed by atoms with Crippen LogP contribution in [-0.4, -0.2) is 16.4 Å². The van der Waals surface area contributed by atoms with Crippen molar-refractivity contribution >= 4 is 0 Å². The minimum absolute atomic E-state index is 0.534. The van der Waals surface area contributed by atoms with Crippen LogP contribution < -0.4 is 5.73 Å². The third-order valence-electron chi connectivity index (χ3n) is 3.27. The Hall–Kier alpha value is -1.65. The van der Waals surface area contributed by atoms with Crippen molar-refractivity contribution in [2.24, 2.45) is 5.73 Å². The number of rotatable bonds is 6. The van der Waals surface area contributed by atoms with Gasteiger partial charge < -0.3 is 10.2 Å². The molecule has 0 bridgehead atoms. The number of nitrogens with two attached hydrogens (primary N) is 1. The summed E-state index contributed by atoms with van der Waals surface area (Å²) in [4.78, 5) is 6.36. The number of hydrogen-bond donors (Lipinski definition) is 1. The fraction of sp³-hybridized carbons (Fsp3) is 0.400. The van der Waals surface area contributed by atoms with Crippen LogP contribution in [0, 0.1) is 6.92 Å². The van der Waals surface area contributed by atoms with Crippen LogP contribution in [0.15, 0.2) is 35.0 Å². The van der Waals surface area contributed by atoms with Gasteiger partial charge in [0.25, 0.3) is 0 Å². The van der Waals surface area contributed by atoms with E-state index in [1.165, 1.54) is 5.56 Å². The van der Waals surface area contributed by atoms with Gasteiger partial charge in [0, 0.05) is 31.0 Å². The highest BCUT2D eigenvalue weighted by molar-refractivity contribution is 5.20. The summed E-state index contributed by atoms with van der Waals surface area (Å²) in [7, 11) is 0. The van der Waals surface area contributed by atoms with E-state index in [0.717, 1.165) is 36.7 Å². The monoisotopic (exact) mass is 259 g/mol. The van der Waals surface area contributed by atoms with Gasteiger partial charge in [0.05, 0.1) is 6.54 Å². The summed E-state index contributed by atoms with van der Waals surface area (Å²) in [5, 5.41) is 0. The fourth-order valence-electron chi connectivity index (χ4n) is 2.11. The number of furan rings is 1. The van der Waals surface area contributed by atoms with E-state index in [4.69, 9.17) is 10.2 Å². The molecule has 0 amide bonds. The molecule has 2 rings (SSSR count). The molecule has 2 aromatic rings. The number of aromatic nitrogens is 1. The maximum Gasteiger partial charge on any atom is 0.118 e. The summed E-state index contributed by atoms with van der Waals surface area (Å²) in [5.74, 6) is 1.91. The first kappa shape index (κ1) is 13.8. The highest BCUT2D eigenvalue weighted by Gasteiger charge is 2.10. The van der Waals surface area contributed by atoms with E-state index < -0.39 is 0 Å². The van der Waals surface area contributed by atoms with Crippen molar-refractivity contribution in [2.75, 3.05) is 6.54 Å². The van der Waals surface area contributed by atoms with E-state index in [1.807, 2.05) is 31.5 Å². The van der Waals surface area contributed by atoms with E-state index in [0.29, 0.717) is 6.54 Å². The fourth-order valence-corrected chi connectivity index (χ4v) is 2.11. The average molecular weight is 259 g/mol. The third kappa shape index (κ3) is 3.66. The van der Waals surface area contributed by atoms with Crippen molar-refractivity contribution in [3.05, 3.63) is 53.2 Å². The smallest absolute Gasteiger partial charge is 0.118 e. The van der Waals surface area contributed by atoms with Crippen LogP contribution >= 0.6 is 0 Å². The van der Waals surface area contributed by atoms with Gasteiger partial charge in [0.2, 0.25) is 0 Å². The molecule has 0 saturated carbocycles. The predicted octanol–water partition coefficient (Wildman–Crippen LogP) is 2.46. The van der Waals surface area contributed by atoms with Gasteiger partial charge in [-0.2, -0.15) is 0 Å². The van der Waals surface area contributed by atoms with Gasteiger partial charge in [-0.1, -0.05) is 6.92 Å². The molecule has 0 radical (unpaired) electrons. The van der Waals surface area contributed by atoms with Gasteiger partial charge in [-0.15, -0.1) is 0 Å². The number of nitrogens with zero attached hydrogens (tertiary/aromatic N) is 2. The van der Waals surface area contributed by atoms with Gasteiger partial charge >= 0.3 is 0 Å². The lowest BCUT2D eigenvalue weighted by atomic mass is 10.2. The van der Waals surface area contributed by atoms with E-state index in [1.54, 1.807) is 0 Å². The maximum absolute atomic E-state index is 5.74. The second-order valence-corrected chi connectivity index (χ2v) is 4.66. The van der Waals surface area contributed by atoms with E-state index >= 15 is 0 Å². The van der Waals surface area contributed by atoms with Crippen molar-refractivity contribution in [1.82, 2.24) is 9.88 Å². The van der Waals surface area contributed by atoms with Crippen molar-refractivity contribution in [1.29, 1.82) is 0 Å². The third-order valence-corrected chi connectivity index (χ3v) is 3.27. The molecule has 0 atom stereocenters. The molecule has 2 heterocycles. The predicted molar refractivity (Wildman–Crippen MR) is 75.4 cm³/mol. The molecule has 0 aliphatic carbocycles. The Balaban J connectivity index is 2.02. The lowest BCUT2D eigenvalue weighted by molar-refractivity contribution is 0.246. The van der Waals surface area contributed by atoms with Crippen molar-refractivity contribution in [3.8, 4) is 0 Å². The molecule has 0 saturated heterocycles. The molecule has 4 heteroatoms. The topological polar surface area (TPSA) is 55.3 Å². The molecule has 0 unspecified atom stereocenters. The lowest BCUT2D eigenvalue weighted by Crippen LogP contribution is -2.22. The van der Waals surface area contributed by atoms with Crippen LogP contribution in [0.1, 0.15) is 29.6 Å². The summed E-state index contributed by atoms with van der Waals surface area (Å²) in [6, 6.07) is 6.15. The van der Waals surface area contributed by atoms with Crippen molar-refractivity contribution in [2.45, 2.75) is 33.5 Å². The standard InChI is InChI=1S/C15H21N3O/c1-3-18(10-13-4-6-17-7-5-13)11-15-8-14(9-16)12(2)19-15/h4-8H,3,9-11,16H2,1-2H3. The number of aryl methyl sites for hydroxylation is 1. The van der Waals surface area contributed by atoms with E-state index in [2.05, 4.69) is 22.9 Å². The van der Waals surface area contributed by atoms with Crippen molar-refractivity contribution in [3.63, 3.8) is 0 Å². The van der Waals surface area contributed by atoms with E-state index in [-0.39, 0.29) is 0 Å². The van der Waals surface area contributed by atoms with Crippen LogP contribution in [0.4, 0.5) is 0 Å². The van der Waals surface area contributed by atoms with Crippen LogP contribution in [0.2, 0.25) is 0 Å². The summed E-state index contributed by atoms with van der Waals surface area (Å²) < 4.78 is 5.74. The van der Waals surface area contributed by atoms with Gasteiger partial charge in [-0.05, 0) is 37.2 Å². The minimum atomic E-state index is 0.534. The highest BCUT2D eigenvalue weighted by atomic mass is 16.3. The Bertz CT molecular complexity index is 507. The normalized spacial score (nSPS) is 11.2. The SMILES string of the molecule is CCN(Cc1ccncc1)Cc1cc(CN)c(C)o1. The Morgan fingerprint density at radius 2 is 2.00 bits per heavy atom. The second kappa shape index (κ2) is 6.50. The Labute approximate surface area is 114 Å². The summed E-state index contributed by atoms with van der Waals surface area (Å²) in [5.41, 5.74) is 8.03. The first-order chi connectivity index (χ1) is 9.22. The molecule has 2 aromatic heterocycles. The maximum atomic E-state index is 5.74. The zero-order valence-corrected chi connectivity index (χ0v) is 11.6. The number of hydrogen-bond acceptors (Lipinski definition) is 4. The Kier molecular flexibility index (Phi) is 4.71. The Morgan fingerprint density at radius 1 is 1.26 bits per heavy atom. The van der Waals surface area contributed by atoms with Crippen molar-refractivity contribution < 1.29 is 4.42 Å². The molecule has 102 valence electrons. The zero-order chi connectivity index (χ0) is 13.7. The minimum Gasteiger partial charge on any atom is -0.465 e. The first-order valence-corrected chi connectivity index (χ1v) is 6.62. The zero-order valence-electron chi connectivity index (χ0n) is 11.6. The first-order valence-electron chi connectivity index (χ1n) is 6.62. The molecule has 2 N–H and O–H groups in total.